The zero-order valence-electron chi connectivity index (χ0n) is 17.0. The average Bonchev–Trinajstić information content (AvgIpc) is 2.79. The second-order valence-corrected chi connectivity index (χ2v) is 6.78. The van der Waals surface area contributed by atoms with Gasteiger partial charge in [0.05, 0.1) is 5.69 Å². The minimum Gasteiger partial charge on any atom is -0.482 e. The minimum absolute atomic E-state index is 0.173. The van der Waals surface area contributed by atoms with E-state index in [2.05, 4.69) is 15.3 Å². The van der Waals surface area contributed by atoms with Crippen molar-refractivity contribution in [1.82, 2.24) is 9.97 Å². The van der Waals surface area contributed by atoms with E-state index in [0.717, 1.165) is 16.9 Å². The molecule has 4 rings (SSSR count). The number of esters is 1. The molecule has 0 fully saturated rings. The van der Waals surface area contributed by atoms with Crippen LogP contribution in [0.5, 0.6) is 11.5 Å². The van der Waals surface area contributed by atoms with E-state index in [1.807, 2.05) is 67.6 Å². The molecule has 1 N–H and O–H groups in total. The molecular formula is C25H21N3O3. The van der Waals surface area contributed by atoms with E-state index in [-0.39, 0.29) is 6.61 Å². The molecule has 31 heavy (non-hydrogen) atoms. The summed E-state index contributed by atoms with van der Waals surface area (Å²) in [5.74, 6) is 1.86. The molecule has 6 nitrogen and oxygen atoms in total. The van der Waals surface area contributed by atoms with Crippen LogP contribution in [-0.4, -0.2) is 22.5 Å². The number of hydrogen-bond donors (Lipinski definition) is 1. The molecule has 0 atom stereocenters. The molecule has 6 heteroatoms. The van der Waals surface area contributed by atoms with Crippen LogP contribution in [0.4, 0.5) is 11.5 Å². The number of anilines is 2. The van der Waals surface area contributed by atoms with Gasteiger partial charge in [-0.3, -0.25) is 0 Å². The molecule has 0 bridgehead atoms. The van der Waals surface area contributed by atoms with Crippen LogP contribution in [-0.2, 0) is 4.79 Å². The lowest BCUT2D eigenvalue weighted by Crippen LogP contribution is -2.17. The molecule has 0 aliphatic rings. The van der Waals surface area contributed by atoms with E-state index in [1.54, 1.807) is 30.3 Å². The third kappa shape index (κ3) is 5.67. The van der Waals surface area contributed by atoms with E-state index in [0.29, 0.717) is 23.1 Å². The Morgan fingerprint density at radius 1 is 0.839 bits per heavy atom. The molecule has 0 unspecified atom stereocenters. The topological polar surface area (TPSA) is 73.3 Å². The Kier molecular flexibility index (Phi) is 6.18. The van der Waals surface area contributed by atoms with Crippen LogP contribution in [0.3, 0.4) is 0 Å². The number of carbonyl (C=O) groups is 1. The van der Waals surface area contributed by atoms with Gasteiger partial charge in [0.25, 0.3) is 0 Å². The third-order valence-corrected chi connectivity index (χ3v) is 4.35. The fraction of sp³-hybridized carbons (Fsp3) is 0.0800. The quantitative estimate of drug-likeness (QED) is 0.334. The predicted molar refractivity (Wildman–Crippen MR) is 120 cm³/mol. The second kappa shape index (κ2) is 9.54. The number of nitrogens with zero attached hydrogens (tertiary/aromatic N) is 2. The van der Waals surface area contributed by atoms with Crippen LogP contribution >= 0.6 is 0 Å². The second-order valence-electron chi connectivity index (χ2n) is 6.78. The molecule has 4 aromatic rings. The zero-order chi connectivity index (χ0) is 21.5. The van der Waals surface area contributed by atoms with Crippen molar-refractivity contribution in [3.8, 4) is 22.8 Å². The van der Waals surface area contributed by atoms with Gasteiger partial charge in [0, 0.05) is 23.4 Å². The summed E-state index contributed by atoms with van der Waals surface area (Å²) in [6.45, 7) is 1.68. The lowest BCUT2D eigenvalue weighted by molar-refractivity contribution is -0.136. The Morgan fingerprint density at radius 3 is 2.32 bits per heavy atom. The molecule has 0 amide bonds. The number of carbonyl (C=O) groups excluding carboxylic acids is 1. The summed E-state index contributed by atoms with van der Waals surface area (Å²) in [7, 11) is 0. The predicted octanol–water partition coefficient (Wildman–Crippen LogP) is 5.18. The van der Waals surface area contributed by atoms with Gasteiger partial charge in [-0.1, -0.05) is 54.6 Å². The summed E-state index contributed by atoms with van der Waals surface area (Å²) in [6.07, 6.45) is 0. The maximum absolute atomic E-state index is 12.1. The van der Waals surface area contributed by atoms with E-state index in [9.17, 15) is 4.79 Å². The van der Waals surface area contributed by atoms with Crippen LogP contribution in [0.25, 0.3) is 11.3 Å². The zero-order valence-corrected chi connectivity index (χ0v) is 17.0. The summed E-state index contributed by atoms with van der Waals surface area (Å²) in [4.78, 5) is 21.1. The maximum atomic E-state index is 12.1. The van der Waals surface area contributed by atoms with Crippen molar-refractivity contribution in [1.29, 1.82) is 0 Å². The van der Waals surface area contributed by atoms with E-state index in [1.165, 1.54) is 0 Å². The number of para-hydroxylation sites is 1. The van der Waals surface area contributed by atoms with Crippen molar-refractivity contribution in [2.24, 2.45) is 0 Å². The Labute approximate surface area is 180 Å². The van der Waals surface area contributed by atoms with Crippen LogP contribution < -0.4 is 14.8 Å². The Hall–Kier alpha value is -4.19. The summed E-state index contributed by atoms with van der Waals surface area (Å²) < 4.78 is 10.8. The highest BCUT2D eigenvalue weighted by atomic mass is 16.6. The summed E-state index contributed by atoms with van der Waals surface area (Å²) >= 11 is 0. The highest BCUT2D eigenvalue weighted by Gasteiger charge is 2.08. The van der Waals surface area contributed by atoms with Gasteiger partial charge in [0.2, 0.25) is 0 Å². The summed E-state index contributed by atoms with van der Waals surface area (Å²) in [5, 5.41) is 3.25. The fourth-order valence-corrected chi connectivity index (χ4v) is 2.99. The van der Waals surface area contributed by atoms with Gasteiger partial charge in [-0.05, 0) is 31.2 Å². The highest BCUT2D eigenvalue weighted by Crippen LogP contribution is 2.24. The molecule has 154 valence electrons. The monoisotopic (exact) mass is 411 g/mol. The first-order valence-electron chi connectivity index (χ1n) is 9.82. The van der Waals surface area contributed by atoms with Crippen molar-refractivity contribution in [2.45, 2.75) is 6.92 Å². The van der Waals surface area contributed by atoms with E-state index >= 15 is 0 Å². The molecule has 1 aromatic heterocycles. The number of benzene rings is 3. The van der Waals surface area contributed by atoms with Crippen molar-refractivity contribution in [2.75, 3.05) is 11.9 Å². The first-order valence-corrected chi connectivity index (χ1v) is 9.82. The summed E-state index contributed by atoms with van der Waals surface area (Å²) in [6, 6.07) is 28.1. The van der Waals surface area contributed by atoms with Crippen LogP contribution in [0, 0.1) is 6.92 Å². The van der Waals surface area contributed by atoms with Crippen molar-refractivity contribution < 1.29 is 14.3 Å². The highest BCUT2D eigenvalue weighted by molar-refractivity contribution is 5.74. The molecule has 0 aliphatic heterocycles. The number of aromatic nitrogens is 2. The Morgan fingerprint density at radius 2 is 1.55 bits per heavy atom. The molecule has 0 saturated carbocycles. The smallest absolute Gasteiger partial charge is 0.349 e. The molecule has 0 aliphatic carbocycles. The van der Waals surface area contributed by atoms with Gasteiger partial charge < -0.3 is 14.8 Å². The number of ether oxygens (including phenoxy) is 2. The van der Waals surface area contributed by atoms with Crippen LogP contribution in [0.2, 0.25) is 0 Å². The van der Waals surface area contributed by atoms with Gasteiger partial charge in [0.1, 0.15) is 23.1 Å². The number of nitrogens with one attached hydrogen (secondary N) is 1. The fourth-order valence-electron chi connectivity index (χ4n) is 2.99. The maximum Gasteiger partial charge on any atom is 0.349 e. The molecular weight excluding hydrogens is 390 g/mol. The van der Waals surface area contributed by atoms with Crippen LogP contribution in [0.15, 0.2) is 91.0 Å². The Bertz CT molecular complexity index is 1170. The van der Waals surface area contributed by atoms with Crippen molar-refractivity contribution >= 4 is 17.5 Å². The minimum atomic E-state index is -0.481. The standard InChI is InChI=1S/C25H21N3O3/c1-18-26-23(19-9-4-2-5-10-19)16-24(27-18)28-20-11-8-14-22(15-20)31-25(29)17-30-21-12-6-3-7-13-21/h2-16H,17H2,1H3,(H,26,27,28). The number of aryl methyl sites for hydroxylation is 1. The van der Waals surface area contributed by atoms with Gasteiger partial charge in [-0.25, -0.2) is 14.8 Å². The first-order chi connectivity index (χ1) is 15.2. The van der Waals surface area contributed by atoms with Gasteiger partial charge in [0.15, 0.2) is 6.61 Å². The normalized spacial score (nSPS) is 10.4. The molecule has 0 spiro atoms. The van der Waals surface area contributed by atoms with E-state index in [4.69, 9.17) is 9.47 Å². The molecule has 1 heterocycles. The van der Waals surface area contributed by atoms with E-state index < -0.39 is 5.97 Å². The molecule has 3 aromatic carbocycles. The SMILES string of the molecule is Cc1nc(Nc2cccc(OC(=O)COc3ccccc3)c2)cc(-c2ccccc2)n1. The third-order valence-electron chi connectivity index (χ3n) is 4.35. The van der Waals surface area contributed by atoms with Gasteiger partial charge in [-0.15, -0.1) is 0 Å². The molecule has 0 radical (unpaired) electrons. The lowest BCUT2D eigenvalue weighted by Gasteiger charge is -2.11. The lowest BCUT2D eigenvalue weighted by atomic mass is 10.1. The summed E-state index contributed by atoms with van der Waals surface area (Å²) in [5.41, 5.74) is 2.58. The van der Waals surface area contributed by atoms with Gasteiger partial charge >= 0.3 is 5.97 Å². The van der Waals surface area contributed by atoms with Crippen molar-refractivity contribution in [3.63, 3.8) is 0 Å². The number of hydrogen-bond acceptors (Lipinski definition) is 6. The average molecular weight is 411 g/mol. The number of rotatable bonds is 7. The first kappa shape index (κ1) is 20.1. The Balaban J connectivity index is 1.43. The molecule has 0 saturated heterocycles. The van der Waals surface area contributed by atoms with Crippen LogP contribution in [0.1, 0.15) is 5.82 Å². The van der Waals surface area contributed by atoms with Crippen molar-refractivity contribution in [3.05, 3.63) is 96.8 Å². The largest absolute Gasteiger partial charge is 0.482 e. The van der Waals surface area contributed by atoms with Gasteiger partial charge in [-0.2, -0.15) is 0 Å².